The third kappa shape index (κ3) is 3.00. The number of nitrogens with zero attached hydrogens (tertiary/aromatic N) is 5. The number of likely N-dealkylation sites (N-methyl/N-ethyl adjacent to an activating group) is 1. The molecule has 0 atom stereocenters. The molecule has 2 aromatic heterocycles. The average Bonchev–Trinajstić information content (AvgIpc) is 3.12. The summed E-state index contributed by atoms with van der Waals surface area (Å²) in [6, 6.07) is 9.93. The van der Waals surface area contributed by atoms with Crippen molar-refractivity contribution in [2.75, 3.05) is 32.7 Å². The van der Waals surface area contributed by atoms with Gasteiger partial charge in [0.2, 0.25) is 0 Å². The van der Waals surface area contributed by atoms with E-state index in [2.05, 4.69) is 21.8 Å². The number of imidazole rings is 1. The molecule has 0 aliphatic carbocycles. The lowest BCUT2D eigenvalue weighted by Gasteiger charge is -2.33. The summed E-state index contributed by atoms with van der Waals surface area (Å²) in [6.45, 7) is 6.54. The van der Waals surface area contributed by atoms with Crippen LogP contribution in [-0.2, 0) is 0 Å². The second kappa shape index (κ2) is 6.64. The van der Waals surface area contributed by atoms with Crippen molar-refractivity contribution in [2.24, 2.45) is 0 Å². The molecule has 0 unspecified atom stereocenters. The molecule has 0 spiro atoms. The Balaban J connectivity index is 1.65. The van der Waals surface area contributed by atoms with Crippen LogP contribution in [0.2, 0.25) is 0 Å². The molecule has 0 saturated carbocycles. The first-order valence-electron chi connectivity index (χ1n) is 8.67. The second-order valence-electron chi connectivity index (χ2n) is 6.23. The van der Waals surface area contributed by atoms with Crippen LogP contribution in [0.4, 0.5) is 0 Å². The maximum atomic E-state index is 12.8. The number of amides is 1. The molecule has 128 valence electrons. The number of fused-ring (bicyclic) bond motifs is 1. The van der Waals surface area contributed by atoms with Gasteiger partial charge >= 0.3 is 0 Å². The van der Waals surface area contributed by atoms with Gasteiger partial charge in [0, 0.05) is 50.3 Å². The average molecular weight is 335 g/mol. The molecule has 4 rings (SSSR count). The van der Waals surface area contributed by atoms with Gasteiger partial charge < -0.3 is 14.2 Å². The van der Waals surface area contributed by atoms with E-state index in [1.807, 2.05) is 45.8 Å². The monoisotopic (exact) mass is 335 g/mol. The van der Waals surface area contributed by atoms with Crippen molar-refractivity contribution < 1.29 is 4.79 Å². The third-order valence-electron chi connectivity index (χ3n) is 4.75. The number of hydrogen-bond acceptors (Lipinski definition) is 4. The van der Waals surface area contributed by atoms with E-state index in [9.17, 15) is 4.79 Å². The fraction of sp³-hybridized carbons (Fsp3) is 0.316. The van der Waals surface area contributed by atoms with E-state index in [0.717, 1.165) is 44.0 Å². The van der Waals surface area contributed by atoms with Gasteiger partial charge in [-0.1, -0.05) is 37.3 Å². The number of carbonyl (C=O) groups is 1. The summed E-state index contributed by atoms with van der Waals surface area (Å²) >= 11 is 0. The van der Waals surface area contributed by atoms with E-state index in [4.69, 9.17) is 0 Å². The lowest BCUT2D eigenvalue weighted by molar-refractivity contribution is 0.0638. The summed E-state index contributed by atoms with van der Waals surface area (Å²) in [5, 5.41) is 0. The van der Waals surface area contributed by atoms with Crippen molar-refractivity contribution in [3.05, 3.63) is 54.6 Å². The number of rotatable bonds is 3. The van der Waals surface area contributed by atoms with Gasteiger partial charge in [-0.25, -0.2) is 4.98 Å². The van der Waals surface area contributed by atoms with Crippen LogP contribution in [0.5, 0.6) is 0 Å². The van der Waals surface area contributed by atoms with Crippen LogP contribution < -0.4 is 0 Å². The maximum Gasteiger partial charge on any atom is 0.274 e. The first-order valence-corrected chi connectivity index (χ1v) is 8.67. The zero-order valence-electron chi connectivity index (χ0n) is 14.3. The van der Waals surface area contributed by atoms with Crippen LogP contribution in [0.3, 0.4) is 0 Å². The fourth-order valence-corrected chi connectivity index (χ4v) is 3.25. The molecule has 1 fully saturated rings. The van der Waals surface area contributed by atoms with Crippen molar-refractivity contribution in [3.8, 4) is 11.3 Å². The summed E-state index contributed by atoms with van der Waals surface area (Å²) in [5.41, 5.74) is 2.98. The molecule has 25 heavy (non-hydrogen) atoms. The normalized spacial score (nSPS) is 15.6. The molecular formula is C19H21N5O. The highest BCUT2D eigenvalue weighted by atomic mass is 16.2. The molecule has 1 saturated heterocycles. The van der Waals surface area contributed by atoms with Gasteiger partial charge in [-0.15, -0.1) is 0 Å². The van der Waals surface area contributed by atoms with E-state index < -0.39 is 0 Å². The largest absolute Gasteiger partial charge is 0.335 e. The Labute approximate surface area is 146 Å². The molecule has 0 bridgehead atoms. The zero-order chi connectivity index (χ0) is 17.2. The van der Waals surface area contributed by atoms with E-state index in [1.165, 1.54) is 0 Å². The van der Waals surface area contributed by atoms with E-state index in [1.54, 1.807) is 12.4 Å². The van der Waals surface area contributed by atoms with Crippen molar-refractivity contribution in [1.82, 2.24) is 24.2 Å². The predicted molar refractivity (Wildman–Crippen MR) is 96.4 cm³/mol. The number of aromatic nitrogens is 3. The Hall–Kier alpha value is -2.73. The van der Waals surface area contributed by atoms with Gasteiger partial charge in [0.1, 0.15) is 11.4 Å². The summed E-state index contributed by atoms with van der Waals surface area (Å²) in [4.78, 5) is 26.1. The maximum absolute atomic E-state index is 12.8. The molecule has 1 aromatic carbocycles. The Kier molecular flexibility index (Phi) is 4.19. The van der Waals surface area contributed by atoms with Gasteiger partial charge in [-0.3, -0.25) is 9.78 Å². The quantitative estimate of drug-likeness (QED) is 0.736. The molecular weight excluding hydrogens is 314 g/mol. The van der Waals surface area contributed by atoms with Gasteiger partial charge in [-0.2, -0.15) is 0 Å². The van der Waals surface area contributed by atoms with Crippen molar-refractivity contribution >= 4 is 11.6 Å². The Bertz CT molecular complexity index is 881. The number of benzene rings is 1. The first-order chi connectivity index (χ1) is 12.3. The lowest BCUT2D eigenvalue weighted by Crippen LogP contribution is -2.48. The van der Waals surface area contributed by atoms with Crippen molar-refractivity contribution in [3.63, 3.8) is 0 Å². The third-order valence-corrected chi connectivity index (χ3v) is 4.75. The number of carbonyl (C=O) groups excluding carboxylic acids is 1. The van der Waals surface area contributed by atoms with Gasteiger partial charge in [0.15, 0.2) is 5.65 Å². The highest BCUT2D eigenvalue weighted by molar-refractivity contribution is 5.93. The first kappa shape index (κ1) is 15.8. The summed E-state index contributed by atoms with van der Waals surface area (Å²) in [7, 11) is 0. The minimum Gasteiger partial charge on any atom is -0.335 e. The molecule has 0 N–H and O–H groups in total. The zero-order valence-corrected chi connectivity index (χ0v) is 14.3. The van der Waals surface area contributed by atoms with Gasteiger partial charge in [-0.05, 0) is 6.54 Å². The Morgan fingerprint density at radius 1 is 1.12 bits per heavy atom. The molecule has 1 aliphatic rings. The van der Waals surface area contributed by atoms with Crippen LogP contribution in [0.1, 0.15) is 17.4 Å². The minimum atomic E-state index is -0.00142. The number of piperazine rings is 1. The Morgan fingerprint density at radius 2 is 1.88 bits per heavy atom. The molecule has 0 radical (unpaired) electrons. The highest BCUT2D eigenvalue weighted by Crippen LogP contribution is 2.22. The van der Waals surface area contributed by atoms with Crippen LogP contribution in [0, 0.1) is 0 Å². The highest BCUT2D eigenvalue weighted by Gasteiger charge is 2.23. The topological polar surface area (TPSA) is 53.7 Å². The summed E-state index contributed by atoms with van der Waals surface area (Å²) in [6.07, 6.45) is 5.38. The van der Waals surface area contributed by atoms with Crippen LogP contribution in [0.25, 0.3) is 16.9 Å². The smallest absolute Gasteiger partial charge is 0.274 e. The minimum absolute atomic E-state index is 0.00142. The van der Waals surface area contributed by atoms with Crippen LogP contribution in [-0.4, -0.2) is 62.8 Å². The van der Waals surface area contributed by atoms with E-state index >= 15 is 0 Å². The SMILES string of the molecule is CCN1CCN(C(=O)c2cn3ccnc(-c4ccccc4)c3n2)CC1. The fourth-order valence-electron chi connectivity index (χ4n) is 3.25. The number of hydrogen-bond donors (Lipinski definition) is 0. The molecule has 1 aliphatic heterocycles. The summed E-state index contributed by atoms with van der Waals surface area (Å²) < 4.78 is 1.88. The standard InChI is InChI=1S/C19H21N5O/c1-2-22-10-12-23(13-11-22)19(25)16-14-24-9-8-20-17(18(24)21-16)15-6-4-3-5-7-15/h3-9,14H,2,10-13H2,1H3. The lowest BCUT2D eigenvalue weighted by atomic mass is 10.1. The van der Waals surface area contributed by atoms with Crippen molar-refractivity contribution in [1.29, 1.82) is 0 Å². The molecule has 6 nitrogen and oxygen atoms in total. The molecule has 1 amide bonds. The van der Waals surface area contributed by atoms with Crippen LogP contribution in [0.15, 0.2) is 48.9 Å². The second-order valence-corrected chi connectivity index (χ2v) is 6.23. The molecule has 6 heteroatoms. The molecule has 3 aromatic rings. The van der Waals surface area contributed by atoms with Crippen molar-refractivity contribution in [2.45, 2.75) is 6.92 Å². The molecule has 3 heterocycles. The van der Waals surface area contributed by atoms with E-state index in [0.29, 0.717) is 11.3 Å². The summed E-state index contributed by atoms with van der Waals surface area (Å²) in [5.74, 6) is -0.00142. The Morgan fingerprint density at radius 3 is 2.60 bits per heavy atom. The van der Waals surface area contributed by atoms with Crippen LogP contribution >= 0.6 is 0 Å². The van der Waals surface area contributed by atoms with E-state index in [-0.39, 0.29) is 5.91 Å². The van der Waals surface area contributed by atoms with Gasteiger partial charge in [0.25, 0.3) is 5.91 Å². The van der Waals surface area contributed by atoms with Gasteiger partial charge in [0.05, 0.1) is 0 Å². The predicted octanol–water partition coefficient (Wildman–Crippen LogP) is 2.17.